The zero-order valence-corrected chi connectivity index (χ0v) is 9.76. The predicted octanol–water partition coefficient (Wildman–Crippen LogP) is 3.20. The van der Waals surface area contributed by atoms with Crippen molar-refractivity contribution in [2.24, 2.45) is 17.8 Å². The maximum absolute atomic E-state index is 3.78. The van der Waals surface area contributed by atoms with Gasteiger partial charge in [0.15, 0.2) is 0 Å². The quantitative estimate of drug-likeness (QED) is 0.729. The van der Waals surface area contributed by atoms with Crippen molar-refractivity contribution in [2.45, 2.75) is 58.4 Å². The molecule has 4 unspecified atom stereocenters. The van der Waals surface area contributed by atoms with E-state index in [9.17, 15) is 0 Å². The van der Waals surface area contributed by atoms with Gasteiger partial charge in [0.1, 0.15) is 0 Å². The topological polar surface area (TPSA) is 12.0 Å². The van der Waals surface area contributed by atoms with E-state index in [1.54, 1.807) is 0 Å². The van der Waals surface area contributed by atoms with Crippen molar-refractivity contribution in [1.82, 2.24) is 5.32 Å². The molecule has 1 N–H and O–H groups in total. The van der Waals surface area contributed by atoms with Crippen molar-refractivity contribution < 1.29 is 0 Å². The Bertz CT molecular complexity index is 178. The SMILES string of the molecule is CC1CCC(NCC2CCCC2C)C1. The first-order valence-electron chi connectivity index (χ1n) is 6.49. The van der Waals surface area contributed by atoms with Crippen molar-refractivity contribution in [3.05, 3.63) is 0 Å². The molecule has 0 saturated heterocycles. The fourth-order valence-electron chi connectivity index (χ4n) is 3.24. The minimum atomic E-state index is 0.845. The lowest BCUT2D eigenvalue weighted by atomic mass is 9.98. The van der Waals surface area contributed by atoms with Gasteiger partial charge in [0.25, 0.3) is 0 Å². The second kappa shape index (κ2) is 4.65. The summed E-state index contributed by atoms with van der Waals surface area (Å²) in [6, 6.07) is 0.845. The molecule has 82 valence electrons. The van der Waals surface area contributed by atoms with Crippen LogP contribution in [0.2, 0.25) is 0 Å². The summed E-state index contributed by atoms with van der Waals surface area (Å²) in [5.41, 5.74) is 0. The summed E-state index contributed by atoms with van der Waals surface area (Å²) in [6.07, 6.45) is 8.68. The Hall–Kier alpha value is -0.0400. The van der Waals surface area contributed by atoms with Crippen LogP contribution in [0, 0.1) is 17.8 Å². The molecule has 0 aliphatic heterocycles. The molecular formula is C13H25N. The Morgan fingerprint density at radius 3 is 2.50 bits per heavy atom. The molecule has 2 rings (SSSR count). The Morgan fingerprint density at radius 2 is 1.93 bits per heavy atom. The molecule has 2 fully saturated rings. The van der Waals surface area contributed by atoms with Crippen molar-refractivity contribution >= 4 is 0 Å². The number of rotatable bonds is 3. The van der Waals surface area contributed by atoms with E-state index in [-0.39, 0.29) is 0 Å². The van der Waals surface area contributed by atoms with Crippen LogP contribution in [0.4, 0.5) is 0 Å². The molecule has 0 bridgehead atoms. The van der Waals surface area contributed by atoms with E-state index in [1.807, 2.05) is 0 Å². The van der Waals surface area contributed by atoms with E-state index in [0.29, 0.717) is 0 Å². The third-order valence-electron chi connectivity index (χ3n) is 4.40. The maximum Gasteiger partial charge on any atom is 0.00698 e. The number of hydrogen-bond acceptors (Lipinski definition) is 1. The van der Waals surface area contributed by atoms with Crippen LogP contribution in [-0.2, 0) is 0 Å². The zero-order valence-electron chi connectivity index (χ0n) is 9.76. The summed E-state index contributed by atoms with van der Waals surface area (Å²) in [7, 11) is 0. The lowest BCUT2D eigenvalue weighted by Gasteiger charge is -2.19. The van der Waals surface area contributed by atoms with Gasteiger partial charge < -0.3 is 5.32 Å². The van der Waals surface area contributed by atoms with Gasteiger partial charge in [0, 0.05) is 6.04 Å². The molecule has 0 aromatic rings. The van der Waals surface area contributed by atoms with Gasteiger partial charge in [-0.05, 0) is 50.0 Å². The minimum absolute atomic E-state index is 0.845. The molecule has 2 aliphatic carbocycles. The highest BCUT2D eigenvalue weighted by Gasteiger charge is 2.26. The van der Waals surface area contributed by atoms with Gasteiger partial charge in [-0.3, -0.25) is 0 Å². The molecule has 0 aromatic heterocycles. The van der Waals surface area contributed by atoms with Gasteiger partial charge in [0.2, 0.25) is 0 Å². The van der Waals surface area contributed by atoms with Crippen LogP contribution >= 0.6 is 0 Å². The number of hydrogen-bond donors (Lipinski definition) is 1. The smallest absolute Gasteiger partial charge is 0.00698 e. The van der Waals surface area contributed by atoms with Gasteiger partial charge in [0.05, 0.1) is 0 Å². The molecule has 4 atom stereocenters. The summed E-state index contributed by atoms with van der Waals surface area (Å²) < 4.78 is 0. The van der Waals surface area contributed by atoms with Crippen LogP contribution in [0.5, 0.6) is 0 Å². The van der Waals surface area contributed by atoms with Crippen molar-refractivity contribution in [3.63, 3.8) is 0 Å². The Balaban J connectivity index is 1.67. The van der Waals surface area contributed by atoms with E-state index in [1.165, 1.54) is 45.1 Å². The summed E-state index contributed by atoms with van der Waals surface area (Å²) in [6.45, 7) is 6.11. The van der Waals surface area contributed by atoms with Gasteiger partial charge in [-0.25, -0.2) is 0 Å². The lowest BCUT2D eigenvalue weighted by molar-refractivity contribution is 0.364. The highest BCUT2D eigenvalue weighted by molar-refractivity contribution is 4.82. The first kappa shape index (κ1) is 10.5. The van der Waals surface area contributed by atoms with Crippen molar-refractivity contribution in [3.8, 4) is 0 Å². The second-order valence-electron chi connectivity index (χ2n) is 5.69. The molecule has 0 aromatic carbocycles. The van der Waals surface area contributed by atoms with Crippen LogP contribution in [0.15, 0.2) is 0 Å². The normalized spacial score (nSPS) is 43.3. The van der Waals surface area contributed by atoms with Crippen LogP contribution in [0.1, 0.15) is 52.4 Å². The standard InChI is InChI=1S/C13H25N/c1-10-6-7-13(8-10)14-9-12-5-3-4-11(12)2/h10-14H,3-9H2,1-2H3. The fraction of sp³-hybridized carbons (Fsp3) is 1.00. The molecule has 2 saturated carbocycles. The summed E-state index contributed by atoms with van der Waals surface area (Å²) >= 11 is 0. The van der Waals surface area contributed by atoms with Gasteiger partial charge >= 0.3 is 0 Å². The van der Waals surface area contributed by atoms with Crippen molar-refractivity contribution in [1.29, 1.82) is 0 Å². The molecular weight excluding hydrogens is 170 g/mol. The van der Waals surface area contributed by atoms with Gasteiger partial charge in [-0.15, -0.1) is 0 Å². The molecule has 0 heterocycles. The largest absolute Gasteiger partial charge is 0.314 e. The summed E-state index contributed by atoms with van der Waals surface area (Å²) in [5.74, 6) is 2.92. The van der Waals surface area contributed by atoms with E-state index < -0.39 is 0 Å². The summed E-state index contributed by atoms with van der Waals surface area (Å²) in [4.78, 5) is 0. The maximum atomic E-state index is 3.78. The van der Waals surface area contributed by atoms with Crippen LogP contribution < -0.4 is 5.32 Å². The molecule has 0 radical (unpaired) electrons. The molecule has 0 amide bonds. The average molecular weight is 195 g/mol. The minimum Gasteiger partial charge on any atom is -0.314 e. The third-order valence-corrected chi connectivity index (χ3v) is 4.40. The van der Waals surface area contributed by atoms with Crippen LogP contribution in [0.25, 0.3) is 0 Å². The Labute approximate surface area is 88.7 Å². The Kier molecular flexibility index (Phi) is 3.48. The molecule has 2 aliphatic rings. The predicted molar refractivity (Wildman–Crippen MR) is 61.3 cm³/mol. The van der Waals surface area contributed by atoms with E-state index in [4.69, 9.17) is 0 Å². The molecule has 1 nitrogen and oxygen atoms in total. The average Bonchev–Trinajstić information content (AvgIpc) is 2.72. The highest BCUT2D eigenvalue weighted by Crippen LogP contribution is 2.31. The second-order valence-corrected chi connectivity index (χ2v) is 5.69. The lowest BCUT2D eigenvalue weighted by Crippen LogP contribution is -2.32. The molecule has 14 heavy (non-hydrogen) atoms. The van der Waals surface area contributed by atoms with Crippen LogP contribution in [-0.4, -0.2) is 12.6 Å². The van der Waals surface area contributed by atoms with E-state index in [0.717, 1.165) is 23.8 Å². The van der Waals surface area contributed by atoms with Gasteiger partial charge in [-0.2, -0.15) is 0 Å². The monoisotopic (exact) mass is 195 g/mol. The van der Waals surface area contributed by atoms with Gasteiger partial charge in [-0.1, -0.05) is 26.7 Å². The fourth-order valence-corrected chi connectivity index (χ4v) is 3.24. The highest BCUT2D eigenvalue weighted by atomic mass is 14.9. The zero-order chi connectivity index (χ0) is 9.97. The summed E-state index contributed by atoms with van der Waals surface area (Å²) in [5, 5.41) is 3.78. The first-order chi connectivity index (χ1) is 6.75. The third kappa shape index (κ3) is 2.50. The first-order valence-corrected chi connectivity index (χ1v) is 6.49. The van der Waals surface area contributed by atoms with Crippen LogP contribution in [0.3, 0.4) is 0 Å². The van der Waals surface area contributed by atoms with E-state index in [2.05, 4.69) is 19.2 Å². The van der Waals surface area contributed by atoms with E-state index >= 15 is 0 Å². The molecule has 0 spiro atoms. The Morgan fingerprint density at radius 1 is 1.07 bits per heavy atom. The number of nitrogens with one attached hydrogen (secondary N) is 1. The van der Waals surface area contributed by atoms with Crippen molar-refractivity contribution in [2.75, 3.05) is 6.54 Å². The molecule has 1 heteroatoms.